The standard InChI is InChI=1S/C17H28N4.HI/c1-2-11-21-12-9-16(14-21)13-20-17(18)19-10-8-15-6-4-3-5-7-15;/h3-7,16H,2,8-14H2,1H3,(H3,18,19,20);1H. The van der Waals surface area contributed by atoms with Gasteiger partial charge in [-0.15, -0.1) is 24.0 Å². The van der Waals surface area contributed by atoms with Gasteiger partial charge in [0.05, 0.1) is 0 Å². The maximum atomic E-state index is 5.93. The average Bonchev–Trinajstić information content (AvgIpc) is 2.94. The van der Waals surface area contributed by atoms with Crippen LogP contribution in [0.2, 0.25) is 0 Å². The molecule has 0 amide bonds. The van der Waals surface area contributed by atoms with Crippen molar-refractivity contribution in [2.24, 2.45) is 16.6 Å². The zero-order valence-electron chi connectivity index (χ0n) is 13.5. The van der Waals surface area contributed by atoms with Crippen LogP contribution in [0.1, 0.15) is 25.3 Å². The first-order chi connectivity index (χ1) is 10.3. The van der Waals surface area contributed by atoms with E-state index in [0.29, 0.717) is 11.9 Å². The summed E-state index contributed by atoms with van der Waals surface area (Å²) >= 11 is 0. The summed E-state index contributed by atoms with van der Waals surface area (Å²) in [5.74, 6) is 1.26. The van der Waals surface area contributed by atoms with E-state index in [2.05, 4.69) is 46.4 Å². The van der Waals surface area contributed by atoms with Gasteiger partial charge in [-0.2, -0.15) is 0 Å². The van der Waals surface area contributed by atoms with Crippen molar-refractivity contribution in [3.63, 3.8) is 0 Å². The van der Waals surface area contributed by atoms with E-state index in [4.69, 9.17) is 5.73 Å². The van der Waals surface area contributed by atoms with Crippen LogP contribution in [0.4, 0.5) is 0 Å². The number of aliphatic imine (C=N–C) groups is 1. The molecular formula is C17H29IN4. The Morgan fingerprint density at radius 1 is 1.36 bits per heavy atom. The van der Waals surface area contributed by atoms with E-state index in [1.54, 1.807) is 0 Å². The summed E-state index contributed by atoms with van der Waals surface area (Å²) in [4.78, 5) is 7.02. The molecule has 1 fully saturated rings. The van der Waals surface area contributed by atoms with E-state index in [9.17, 15) is 0 Å². The summed E-state index contributed by atoms with van der Waals surface area (Å²) in [6.07, 6.45) is 3.46. The number of rotatable bonds is 7. The molecule has 2 rings (SSSR count). The van der Waals surface area contributed by atoms with Gasteiger partial charge in [-0.25, -0.2) is 0 Å². The van der Waals surface area contributed by atoms with Crippen LogP contribution in [-0.4, -0.2) is 43.6 Å². The molecule has 1 unspecified atom stereocenters. The van der Waals surface area contributed by atoms with Crippen LogP contribution in [0.5, 0.6) is 0 Å². The summed E-state index contributed by atoms with van der Waals surface area (Å²) in [5, 5.41) is 3.21. The molecule has 5 heteroatoms. The normalized spacial score (nSPS) is 19.0. The zero-order valence-corrected chi connectivity index (χ0v) is 15.8. The van der Waals surface area contributed by atoms with E-state index >= 15 is 0 Å². The van der Waals surface area contributed by atoms with E-state index in [1.165, 1.54) is 38.0 Å². The number of nitrogens with one attached hydrogen (secondary N) is 1. The second-order valence-corrected chi connectivity index (χ2v) is 5.84. The number of hydrogen-bond donors (Lipinski definition) is 2. The Balaban J connectivity index is 0.00000242. The van der Waals surface area contributed by atoms with Gasteiger partial charge in [0, 0.05) is 19.6 Å². The lowest BCUT2D eigenvalue weighted by molar-refractivity contribution is 0.326. The first kappa shape index (κ1) is 19.2. The quantitative estimate of drug-likeness (QED) is 0.408. The predicted octanol–water partition coefficient (Wildman–Crippen LogP) is 2.48. The molecule has 0 aliphatic carbocycles. The second kappa shape index (κ2) is 10.8. The van der Waals surface area contributed by atoms with Gasteiger partial charge in [-0.05, 0) is 43.8 Å². The van der Waals surface area contributed by atoms with Crippen LogP contribution >= 0.6 is 24.0 Å². The lowest BCUT2D eigenvalue weighted by Crippen LogP contribution is -2.34. The largest absolute Gasteiger partial charge is 0.370 e. The predicted molar refractivity (Wildman–Crippen MR) is 105 cm³/mol. The van der Waals surface area contributed by atoms with Crippen LogP contribution in [0, 0.1) is 5.92 Å². The highest BCUT2D eigenvalue weighted by atomic mass is 127. The van der Waals surface area contributed by atoms with E-state index in [0.717, 1.165) is 19.5 Å². The number of benzene rings is 1. The van der Waals surface area contributed by atoms with Crippen LogP contribution in [0.15, 0.2) is 35.3 Å². The molecule has 4 nitrogen and oxygen atoms in total. The summed E-state index contributed by atoms with van der Waals surface area (Å²) in [6.45, 7) is 7.53. The Bertz CT molecular complexity index is 436. The Labute approximate surface area is 151 Å². The van der Waals surface area contributed by atoms with Gasteiger partial charge in [-0.3, -0.25) is 4.99 Å². The Morgan fingerprint density at radius 2 is 2.14 bits per heavy atom. The topological polar surface area (TPSA) is 53.6 Å². The molecular weight excluding hydrogens is 387 g/mol. The van der Waals surface area contributed by atoms with Crippen molar-refractivity contribution in [2.75, 3.05) is 32.7 Å². The summed E-state index contributed by atoms with van der Waals surface area (Å²) in [5.41, 5.74) is 7.26. The van der Waals surface area contributed by atoms with E-state index < -0.39 is 0 Å². The fraction of sp³-hybridized carbons (Fsp3) is 0.588. The molecule has 0 spiro atoms. The van der Waals surface area contributed by atoms with Gasteiger partial charge < -0.3 is 16.0 Å². The number of nitrogens with two attached hydrogens (primary N) is 1. The van der Waals surface area contributed by atoms with E-state index in [1.807, 2.05) is 6.07 Å². The molecule has 1 aliphatic heterocycles. The fourth-order valence-electron chi connectivity index (χ4n) is 2.84. The second-order valence-electron chi connectivity index (χ2n) is 5.84. The number of halogens is 1. The van der Waals surface area contributed by atoms with Crippen molar-refractivity contribution >= 4 is 29.9 Å². The SMILES string of the molecule is CCCN1CCC(CN=C(N)NCCc2ccccc2)C1.I. The van der Waals surface area contributed by atoms with Crippen molar-refractivity contribution in [3.8, 4) is 0 Å². The third-order valence-corrected chi connectivity index (χ3v) is 3.99. The smallest absolute Gasteiger partial charge is 0.188 e. The Morgan fingerprint density at radius 3 is 2.86 bits per heavy atom. The van der Waals surface area contributed by atoms with Crippen molar-refractivity contribution in [2.45, 2.75) is 26.2 Å². The molecule has 1 saturated heterocycles. The van der Waals surface area contributed by atoms with Gasteiger partial charge >= 0.3 is 0 Å². The highest BCUT2D eigenvalue weighted by Gasteiger charge is 2.21. The molecule has 1 heterocycles. The van der Waals surface area contributed by atoms with Crippen molar-refractivity contribution in [1.82, 2.24) is 10.2 Å². The summed E-state index contributed by atoms with van der Waals surface area (Å²) < 4.78 is 0. The first-order valence-corrected chi connectivity index (χ1v) is 8.08. The van der Waals surface area contributed by atoms with Crippen LogP contribution in [-0.2, 0) is 6.42 Å². The average molecular weight is 416 g/mol. The van der Waals surface area contributed by atoms with Gasteiger partial charge in [0.25, 0.3) is 0 Å². The molecule has 1 aromatic carbocycles. The molecule has 3 N–H and O–H groups in total. The summed E-state index contributed by atoms with van der Waals surface area (Å²) in [7, 11) is 0. The molecule has 124 valence electrons. The molecule has 0 saturated carbocycles. The van der Waals surface area contributed by atoms with Gasteiger partial charge in [0.2, 0.25) is 0 Å². The number of likely N-dealkylation sites (tertiary alicyclic amines) is 1. The minimum atomic E-state index is 0. The van der Waals surface area contributed by atoms with E-state index in [-0.39, 0.29) is 24.0 Å². The monoisotopic (exact) mass is 416 g/mol. The molecule has 0 radical (unpaired) electrons. The van der Waals surface area contributed by atoms with Crippen molar-refractivity contribution < 1.29 is 0 Å². The fourth-order valence-corrected chi connectivity index (χ4v) is 2.84. The molecule has 1 aliphatic rings. The highest BCUT2D eigenvalue weighted by molar-refractivity contribution is 14.0. The van der Waals surface area contributed by atoms with Crippen LogP contribution < -0.4 is 11.1 Å². The minimum Gasteiger partial charge on any atom is -0.370 e. The minimum absolute atomic E-state index is 0. The molecule has 1 aromatic rings. The van der Waals surface area contributed by atoms with Gasteiger partial charge in [0.15, 0.2) is 5.96 Å². The Hall–Kier alpha value is -0.820. The van der Waals surface area contributed by atoms with Crippen molar-refractivity contribution in [1.29, 1.82) is 0 Å². The molecule has 1 atom stereocenters. The third kappa shape index (κ3) is 6.96. The summed E-state index contributed by atoms with van der Waals surface area (Å²) in [6, 6.07) is 10.4. The van der Waals surface area contributed by atoms with Crippen LogP contribution in [0.3, 0.4) is 0 Å². The highest BCUT2D eigenvalue weighted by Crippen LogP contribution is 2.16. The molecule has 0 bridgehead atoms. The first-order valence-electron chi connectivity index (χ1n) is 8.08. The van der Waals surface area contributed by atoms with Gasteiger partial charge in [0.1, 0.15) is 0 Å². The zero-order chi connectivity index (χ0) is 14.9. The third-order valence-electron chi connectivity index (χ3n) is 3.99. The maximum Gasteiger partial charge on any atom is 0.188 e. The lowest BCUT2D eigenvalue weighted by atomic mass is 10.1. The Kier molecular flexibility index (Phi) is 9.47. The number of nitrogens with zero attached hydrogens (tertiary/aromatic N) is 2. The van der Waals surface area contributed by atoms with Gasteiger partial charge in [-0.1, -0.05) is 37.3 Å². The molecule has 0 aromatic heterocycles. The van der Waals surface area contributed by atoms with Crippen LogP contribution in [0.25, 0.3) is 0 Å². The maximum absolute atomic E-state index is 5.93. The van der Waals surface area contributed by atoms with Crippen molar-refractivity contribution in [3.05, 3.63) is 35.9 Å². The number of hydrogen-bond acceptors (Lipinski definition) is 2. The lowest BCUT2D eigenvalue weighted by Gasteiger charge is -2.13. The molecule has 22 heavy (non-hydrogen) atoms. The number of guanidine groups is 1.